The van der Waals surface area contributed by atoms with Gasteiger partial charge in [-0.25, -0.2) is 0 Å². The minimum atomic E-state index is -0.184. The van der Waals surface area contributed by atoms with Gasteiger partial charge >= 0.3 is 0 Å². The van der Waals surface area contributed by atoms with E-state index in [1.807, 2.05) is 47.4 Å². The summed E-state index contributed by atoms with van der Waals surface area (Å²) in [6.07, 6.45) is 5.25. The van der Waals surface area contributed by atoms with E-state index in [-0.39, 0.29) is 11.9 Å². The molecule has 6 heteroatoms. The first-order valence-electron chi connectivity index (χ1n) is 12.5. The number of amides is 1. The molecule has 36 heavy (non-hydrogen) atoms. The first kappa shape index (κ1) is 22.4. The summed E-state index contributed by atoms with van der Waals surface area (Å²) < 4.78 is 11.3. The number of hydrogen-bond donors (Lipinski definition) is 2. The van der Waals surface area contributed by atoms with Gasteiger partial charge in [0.05, 0.1) is 12.6 Å². The Balaban J connectivity index is 1.33. The molecule has 0 spiro atoms. The smallest absolute Gasteiger partial charge is 0.247 e. The highest BCUT2D eigenvalue weighted by atomic mass is 16.5. The fourth-order valence-electron chi connectivity index (χ4n) is 5.32. The molecule has 2 aliphatic heterocycles. The first-order chi connectivity index (χ1) is 17.7. The van der Waals surface area contributed by atoms with Gasteiger partial charge in [0.2, 0.25) is 5.91 Å². The highest BCUT2D eigenvalue weighted by molar-refractivity contribution is 5.93. The van der Waals surface area contributed by atoms with E-state index in [4.69, 9.17) is 15.2 Å². The van der Waals surface area contributed by atoms with Gasteiger partial charge in [-0.1, -0.05) is 36.4 Å². The van der Waals surface area contributed by atoms with Crippen LogP contribution >= 0.6 is 0 Å². The van der Waals surface area contributed by atoms with Crippen molar-refractivity contribution in [3.63, 3.8) is 0 Å². The van der Waals surface area contributed by atoms with E-state index in [9.17, 15) is 4.79 Å². The van der Waals surface area contributed by atoms with Gasteiger partial charge < -0.3 is 25.1 Å². The van der Waals surface area contributed by atoms with E-state index < -0.39 is 0 Å². The number of H-pyrrole nitrogens is 1. The molecule has 0 aliphatic carbocycles. The maximum atomic E-state index is 13.6. The zero-order valence-corrected chi connectivity index (χ0v) is 20.1. The molecule has 3 aromatic carbocycles. The molecule has 0 unspecified atom stereocenters. The van der Waals surface area contributed by atoms with E-state index in [1.165, 1.54) is 16.5 Å². The number of nitrogens with two attached hydrogens (primary N) is 1. The summed E-state index contributed by atoms with van der Waals surface area (Å²) in [5.41, 5.74) is 12.3. The van der Waals surface area contributed by atoms with Crippen molar-refractivity contribution in [2.75, 3.05) is 26.3 Å². The highest BCUT2D eigenvalue weighted by Gasteiger charge is 2.34. The number of nitrogens with one attached hydrogen (secondary N) is 1. The number of nitrogens with zero attached hydrogens (tertiary/aromatic N) is 1. The van der Waals surface area contributed by atoms with Crippen molar-refractivity contribution in [2.45, 2.75) is 18.9 Å². The molecule has 1 aromatic heterocycles. The lowest BCUT2D eigenvalue weighted by Gasteiger charge is -2.36. The number of para-hydroxylation sites is 1. The average molecular weight is 480 g/mol. The largest absolute Gasteiger partial charge is 0.493 e. The molecule has 0 saturated carbocycles. The van der Waals surface area contributed by atoms with Crippen LogP contribution in [0, 0.1) is 0 Å². The molecule has 0 radical (unpaired) electrons. The third-order valence-corrected chi connectivity index (χ3v) is 7.03. The molecule has 6 nitrogen and oxygen atoms in total. The van der Waals surface area contributed by atoms with Crippen LogP contribution in [0.1, 0.15) is 34.0 Å². The van der Waals surface area contributed by atoms with Gasteiger partial charge in [0.25, 0.3) is 0 Å². The maximum Gasteiger partial charge on any atom is 0.247 e. The standard InChI is InChI=1S/C30H29N3O3/c31-15-18-35-23-9-5-20(6-10-23)7-12-28(34)33-16-13-25-24-3-1-2-4-26(24)32-29(25)30(33)22-8-11-27-21(19-22)14-17-36-27/h1-12,19,30,32H,13-18,31H2/t30-/m1/s1. The first-order valence-corrected chi connectivity index (χ1v) is 12.5. The van der Waals surface area contributed by atoms with Crippen molar-refractivity contribution in [3.05, 3.63) is 101 Å². The van der Waals surface area contributed by atoms with Crippen molar-refractivity contribution >= 4 is 22.9 Å². The van der Waals surface area contributed by atoms with Crippen LogP contribution in [0.2, 0.25) is 0 Å². The third-order valence-electron chi connectivity index (χ3n) is 7.03. The number of carbonyl (C=O) groups is 1. The molecule has 6 rings (SSSR count). The van der Waals surface area contributed by atoms with Crippen molar-refractivity contribution in [3.8, 4) is 11.5 Å². The molecular weight excluding hydrogens is 450 g/mol. The van der Waals surface area contributed by atoms with E-state index in [0.29, 0.717) is 26.3 Å². The van der Waals surface area contributed by atoms with E-state index >= 15 is 0 Å². The lowest BCUT2D eigenvalue weighted by Crippen LogP contribution is -2.39. The van der Waals surface area contributed by atoms with Crippen molar-refractivity contribution in [1.29, 1.82) is 0 Å². The Bertz CT molecular complexity index is 1440. The molecule has 1 atom stereocenters. The van der Waals surface area contributed by atoms with Gasteiger partial charge in [-0.2, -0.15) is 0 Å². The van der Waals surface area contributed by atoms with Gasteiger partial charge in [0, 0.05) is 42.2 Å². The SMILES string of the molecule is NCCOc1ccc(C=CC(=O)N2CCc3c([nH]c4ccccc34)[C@H]2c2ccc3c(c2)CCO3)cc1. The number of aromatic amines is 1. The van der Waals surface area contributed by atoms with Crippen molar-refractivity contribution in [1.82, 2.24) is 9.88 Å². The number of carbonyl (C=O) groups excluding carboxylic acids is 1. The summed E-state index contributed by atoms with van der Waals surface area (Å²) in [4.78, 5) is 19.2. The van der Waals surface area contributed by atoms with Crippen LogP contribution in [0.5, 0.6) is 11.5 Å². The predicted molar refractivity (Wildman–Crippen MR) is 141 cm³/mol. The number of benzene rings is 3. The van der Waals surface area contributed by atoms with Crippen LogP contribution < -0.4 is 15.2 Å². The molecule has 3 heterocycles. The van der Waals surface area contributed by atoms with Gasteiger partial charge in [0.15, 0.2) is 0 Å². The Morgan fingerprint density at radius 2 is 1.97 bits per heavy atom. The zero-order chi connectivity index (χ0) is 24.5. The molecule has 0 bridgehead atoms. The predicted octanol–water partition coefficient (Wildman–Crippen LogP) is 4.63. The Hall–Kier alpha value is -4.03. The quantitative estimate of drug-likeness (QED) is 0.395. The summed E-state index contributed by atoms with van der Waals surface area (Å²) in [5.74, 6) is 1.71. The fraction of sp³-hybridized carbons (Fsp3) is 0.233. The van der Waals surface area contributed by atoms with E-state index in [1.54, 1.807) is 6.08 Å². The third kappa shape index (κ3) is 4.14. The van der Waals surface area contributed by atoms with Crippen LogP contribution in [-0.4, -0.2) is 42.1 Å². The van der Waals surface area contributed by atoms with Gasteiger partial charge in [-0.05, 0) is 65.1 Å². The average Bonchev–Trinajstić information content (AvgIpc) is 3.54. The number of fused-ring (bicyclic) bond motifs is 4. The van der Waals surface area contributed by atoms with Gasteiger partial charge in [0.1, 0.15) is 18.1 Å². The Morgan fingerprint density at radius 1 is 1.11 bits per heavy atom. The Labute approximate surface area is 210 Å². The van der Waals surface area contributed by atoms with Crippen molar-refractivity contribution in [2.24, 2.45) is 5.73 Å². The van der Waals surface area contributed by atoms with Gasteiger partial charge in [-0.15, -0.1) is 0 Å². The molecule has 1 amide bonds. The second kappa shape index (κ2) is 9.55. The van der Waals surface area contributed by atoms with Crippen LogP contribution in [0.15, 0.2) is 72.8 Å². The lowest BCUT2D eigenvalue weighted by atomic mass is 9.91. The van der Waals surface area contributed by atoms with Gasteiger partial charge in [-0.3, -0.25) is 4.79 Å². The molecule has 3 N–H and O–H groups in total. The minimum Gasteiger partial charge on any atom is -0.493 e. The maximum absolute atomic E-state index is 13.6. The topological polar surface area (TPSA) is 80.6 Å². The van der Waals surface area contributed by atoms with E-state index in [0.717, 1.165) is 46.7 Å². The molecule has 2 aliphatic rings. The fourth-order valence-corrected chi connectivity index (χ4v) is 5.32. The van der Waals surface area contributed by atoms with E-state index in [2.05, 4.69) is 35.3 Å². The molecule has 0 saturated heterocycles. The molecule has 4 aromatic rings. The number of aromatic nitrogens is 1. The summed E-state index contributed by atoms with van der Waals surface area (Å²) in [5, 5.41) is 1.24. The molecular formula is C30H29N3O3. The number of hydrogen-bond acceptors (Lipinski definition) is 4. The highest BCUT2D eigenvalue weighted by Crippen LogP contribution is 2.40. The normalized spacial score (nSPS) is 16.7. The monoisotopic (exact) mass is 479 g/mol. The minimum absolute atomic E-state index is 0.00971. The summed E-state index contributed by atoms with van der Waals surface area (Å²) in [6, 6.07) is 22.2. The Morgan fingerprint density at radius 3 is 2.83 bits per heavy atom. The molecule has 182 valence electrons. The van der Waals surface area contributed by atoms with Crippen LogP contribution in [0.3, 0.4) is 0 Å². The second-order valence-electron chi connectivity index (χ2n) is 9.25. The lowest BCUT2D eigenvalue weighted by molar-refractivity contribution is -0.128. The number of ether oxygens (including phenoxy) is 2. The summed E-state index contributed by atoms with van der Waals surface area (Å²) in [6.45, 7) is 2.32. The Kier molecular flexibility index (Phi) is 5.95. The summed E-state index contributed by atoms with van der Waals surface area (Å²) >= 11 is 0. The second-order valence-corrected chi connectivity index (χ2v) is 9.25. The van der Waals surface area contributed by atoms with Crippen LogP contribution in [-0.2, 0) is 17.6 Å². The molecule has 0 fully saturated rings. The van der Waals surface area contributed by atoms with Crippen molar-refractivity contribution < 1.29 is 14.3 Å². The van der Waals surface area contributed by atoms with Crippen LogP contribution in [0.4, 0.5) is 0 Å². The number of rotatable bonds is 6. The van der Waals surface area contributed by atoms with Crippen LogP contribution in [0.25, 0.3) is 17.0 Å². The summed E-state index contributed by atoms with van der Waals surface area (Å²) in [7, 11) is 0. The zero-order valence-electron chi connectivity index (χ0n) is 20.1.